The van der Waals surface area contributed by atoms with Crippen molar-refractivity contribution in [3.05, 3.63) is 11.6 Å². The fourth-order valence-corrected chi connectivity index (χ4v) is 1.66. The van der Waals surface area contributed by atoms with Crippen LogP contribution in [-0.2, 0) is 4.79 Å². The van der Waals surface area contributed by atoms with E-state index < -0.39 is 11.4 Å². The molecule has 0 aliphatic heterocycles. The van der Waals surface area contributed by atoms with Crippen LogP contribution in [0.3, 0.4) is 0 Å². The molecule has 0 heterocycles. The molecular weight excluding hydrogens is 176 g/mol. The minimum atomic E-state index is -0.759. The van der Waals surface area contributed by atoms with Gasteiger partial charge in [-0.2, -0.15) is 0 Å². The van der Waals surface area contributed by atoms with Crippen molar-refractivity contribution < 1.29 is 9.90 Å². The molecule has 12 heavy (non-hydrogen) atoms. The number of rotatable bonds is 1. The predicted molar refractivity (Wildman–Crippen MR) is 48.4 cm³/mol. The first-order valence-corrected chi connectivity index (χ1v) is 4.46. The molecule has 0 spiro atoms. The molecule has 2 atom stereocenters. The van der Waals surface area contributed by atoms with Crippen molar-refractivity contribution in [3.8, 4) is 0 Å². The summed E-state index contributed by atoms with van der Waals surface area (Å²) in [5.74, 6) is -0.759. The molecule has 0 bridgehead atoms. The summed E-state index contributed by atoms with van der Waals surface area (Å²) in [6.45, 7) is 3.62. The second-order valence-corrected chi connectivity index (χ2v) is 4.14. The van der Waals surface area contributed by atoms with Crippen LogP contribution in [0.4, 0.5) is 0 Å². The van der Waals surface area contributed by atoms with Crippen molar-refractivity contribution >= 4 is 17.6 Å². The molecule has 3 heteroatoms. The van der Waals surface area contributed by atoms with Gasteiger partial charge >= 0.3 is 5.97 Å². The van der Waals surface area contributed by atoms with E-state index in [-0.39, 0.29) is 5.38 Å². The maximum atomic E-state index is 10.8. The average molecular weight is 189 g/mol. The number of allylic oxidation sites excluding steroid dienone is 1. The molecule has 0 unspecified atom stereocenters. The zero-order valence-corrected chi connectivity index (χ0v) is 8.06. The molecule has 68 valence electrons. The predicted octanol–water partition coefficient (Wildman–Crippen LogP) is 2.42. The fourth-order valence-electron chi connectivity index (χ4n) is 1.49. The van der Waals surface area contributed by atoms with Crippen LogP contribution >= 0.6 is 11.6 Å². The number of aliphatic carboxylic acids is 1. The summed E-state index contributed by atoms with van der Waals surface area (Å²) in [4.78, 5) is 10.8. The number of carboxylic acids is 1. The summed E-state index contributed by atoms with van der Waals surface area (Å²) < 4.78 is 0. The summed E-state index contributed by atoms with van der Waals surface area (Å²) in [5, 5.41) is 8.94. The smallest absolute Gasteiger partial charge is 0.313 e. The average Bonchev–Trinajstić information content (AvgIpc) is 1.97. The van der Waals surface area contributed by atoms with Gasteiger partial charge in [-0.15, -0.1) is 11.6 Å². The van der Waals surface area contributed by atoms with E-state index in [9.17, 15) is 4.79 Å². The Morgan fingerprint density at radius 3 is 2.83 bits per heavy atom. The topological polar surface area (TPSA) is 37.3 Å². The van der Waals surface area contributed by atoms with Gasteiger partial charge in [0, 0.05) is 0 Å². The van der Waals surface area contributed by atoms with E-state index in [1.54, 1.807) is 13.0 Å². The highest BCUT2D eigenvalue weighted by Gasteiger charge is 2.35. The maximum Gasteiger partial charge on any atom is 0.313 e. The quantitative estimate of drug-likeness (QED) is 0.507. The number of carboxylic acid groups (broad SMARTS) is 1. The zero-order valence-electron chi connectivity index (χ0n) is 7.30. The van der Waals surface area contributed by atoms with E-state index in [1.165, 1.54) is 0 Å². The molecular formula is C9H13ClO2. The third-order valence-electron chi connectivity index (χ3n) is 2.45. The first-order valence-electron chi connectivity index (χ1n) is 4.02. The SMILES string of the molecule is CC1=C[C@@](C)(C(=O)O)CC[C@@H]1Cl. The molecule has 0 saturated heterocycles. The van der Waals surface area contributed by atoms with Gasteiger partial charge in [0.15, 0.2) is 0 Å². The van der Waals surface area contributed by atoms with Crippen LogP contribution in [0.5, 0.6) is 0 Å². The third-order valence-corrected chi connectivity index (χ3v) is 3.01. The lowest BCUT2D eigenvalue weighted by Gasteiger charge is -2.28. The maximum absolute atomic E-state index is 10.8. The molecule has 1 aliphatic rings. The van der Waals surface area contributed by atoms with E-state index in [2.05, 4.69) is 0 Å². The van der Waals surface area contributed by atoms with Crippen LogP contribution in [0.15, 0.2) is 11.6 Å². The largest absolute Gasteiger partial charge is 0.481 e. The van der Waals surface area contributed by atoms with E-state index >= 15 is 0 Å². The van der Waals surface area contributed by atoms with Gasteiger partial charge in [-0.3, -0.25) is 4.79 Å². The Morgan fingerprint density at radius 2 is 2.42 bits per heavy atom. The van der Waals surface area contributed by atoms with Crippen LogP contribution in [0.25, 0.3) is 0 Å². The zero-order chi connectivity index (χ0) is 9.35. The van der Waals surface area contributed by atoms with Crippen molar-refractivity contribution in [3.63, 3.8) is 0 Å². The van der Waals surface area contributed by atoms with Gasteiger partial charge in [0.2, 0.25) is 0 Å². The fraction of sp³-hybridized carbons (Fsp3) is 0.667. The minimum absolute atomic E-state index is 0.0254. The van der Waals surface area contributed by atoms with Crippen LogP contribution in [-0.4, -0.2) is 16.5 Å². The van der Waals surface area contributed by atoms with Crippen molar-refractivity contribution in [2.24, 2.45) is 5.41 Å². The highest BCUT2D eigenvalue weighted by Crippen LogP contribution is 2.36. The normalized spacial score (nSPS) is 35.9. The Balaban J connectivity index is 2.91. The Bertz CT molecular complexity index is 235. The minimum Gasteiger partial charge on any atom is -0.481 e. The van der Waals surface area contributed by atoms with Gasteiger partial charge in [-0.25, -0.2) is 0 Å². The summed E-state index contributed by atoms with van der Waals surface area (Å²) >= 11 is 5.94. The monoisotopic (exact) mass is 188 g/mol. The standard InChI is InChI=1S/C9H13ClO2/c1-6-5-9(2,8(11)12)4-3-7(6)10/h5,7H,3-4H2,1-2H3,(H,11,12)/t7-,9-/m0/s1. The summed E-state index contributed by atoms with van der Waals surface area (Å²) in [5.41, 5.74) is 0.281. The van der Waals surface area contributed by atoms with E-state index in [0.717, 1.165) is 12.0 Å². The highest BCUT2D eigenvalue weighted by molar-refractivity contribution is 6.22. The van der Waals surface area contributed by atoms with Crippen LogP contribution < -0.4 is 0 Å². The van der Waals surface area contributed by atoms with E-state index in [1.807, 2.05) is 6.92 Å². The molecule has 2 nitrogen and oxygen atoms in total. The lowest BCUT2D eigenvalue weighted by molar-refractivity contribution is -0.145. The Kier molecular flexibility index (Phi) is 2.47. The molecule has 0 aromatic rings. The molecule has 0 fully saturated rings. The molecule has 0 radical (unpaired) electrons. The van der Waals surface area contributed by atoms with Gasteiger partial charge in [0.1, 0.15) is 0 Å². The highest BCUT2D eigenvalue weighted by atomic mass is 35.5. The summed E-state index contributed by atoms with van der Waals surface area (Å²) in [7, 11) is 0. The third kappa shape index (κ3) is 1.63. The van der Waals surface area contributed by atoms with E-state index in [0.29, 0.717) is 6.42 Å². The second kappa shape index (κ2) is 3.09. The van der Waals surface area contributed by atoms with Gasteiger partial charge in [-0.05, 0) is 26.7 Å². The molecule has 0 aromatic carbocycles. The summed E-state index contributed by atoms with van der Waals surface area (Å²) in [6, 6.07) is 0. The van der Waals surface area contributed by atoms with Crippen LogP contribution in [0.1, 0.15) is 26.7 Å². The van der Waals surface area contributed by atoms with Crippen LogP contribution in [0.2, 0.25) is 0 Å². The molecule has 0 amide bonds. The molecule has 1 aliphatic carbocycles. The number of alkyl halides is 1. The Hall–Kier alpha value is -0.500. The Morgan fingerprint density at radius 1 is 1.83 bits per heavy atom. The number of carbonyl (C=O) groups is 1. The lowest BCUT2D eigenvalue weighted by Crippen LogP contribution is -2.30. The van der Waals surface area contributed by atoms with Crippen molar-refractivity contribution in [2.75, 3.05) is 0 Å². The van der Waals surface area contributed by atoms with Crippen molar-refractivity contribution in [1.82, 2.24) is 0 Å². The molecule has 1 rings (SSSR count). The van der Waals surface area contributed by atoms with Crippen molar-refractivity contribution in [1.29, 1.82) is 0 Å². The van der Waals surface area contributed by atoms with Gasteiger partial charge in [0.25, 0.3) is 0 Å². The molecule has 0 saturated carbocycles. The van der Waals surface area contributed by atoms with Gasteiger partial charge in [-0.1, -0.05) is 11.6 Å². The van der Waals surface area contributed by atoms with Gasteiger partial charge < -0.3 is 5.11 Å². The molecule has 1 N–H and O–H groups in total. The molecule has 0 aromatic heterocycles. The number of halogens is 1. The van der Waals surface area contributed by atoms with Crippen LogP contribution in [0, 0.1) is 5.41 Å². The Labute approximate surface area is 77.2 Å². The number of hydrogen-bond acceptors (Lipinski definition) is 1. The first-order chi connectivity index (χ1) is 5.46. The lowest BCUT2D eigenvalue weighted by atomic mass is 9.78. The summed E-state index contributed by atoms with van der Waals surface area (Å²) in [6.07, 6.45) is 3.16. The second-order valence-electron chi connectivity index (χ2n) is 3.62. The number of hydrogen-bond donors (Lipinski definition) is 1. The van der Waals surface area contributed by atoms with E-state index in [4.69, 9.17) is 16.7 Å². The van der Waals surface area contributed by atoms with Crippen molar-refractivity contribution in [2.45, 2.75) is 32.1 Å². The van der Waals surface area contributed by atoms with Gasteiger partial charge in [0.05, 0.1) is 10.8 Å². The first kappa shape index (κ1) is 9.59.